The van der Waals surface area contributed by atoms with E-state index in [0.29, 0.717) is 12.6 Å². The van der Waals surface area contributed by atoms with Crippen molar-refractivity contribution in [1.29, 1.82) is 0 Å². The van der Waals surface area contributed by atoms with Crippen LogP contribution in [0, 0.1) is 0 Å². The van der Waals surface area contributed by atoms with Crippen LogP contribution in [0.25, 0.3) is 0 Å². The lowest BCUT2D eigenvalue weighted by Crippen LogP contribution is -2.53. The molecular formula is C16H33N3O2S. The fourth-order valence-corrected chi connectivity index (χ4v) is 4.86. The van der Waals surface area contributed by atoms with Crippen LogP contribution in [0.4, 0.5) is 0 Å². The molecule has 0 aromatic carbocycles. The highest BCUT2D eigenvalue weighted by Crippen LogP contribution is 2.20. The second-order valence-corrected chi connectivity index (χ2v) is 9.10. The predicted octanol–water partition coefficient (Wildman–Crippen LogP) is 1.61. The summed E-state index contributed by atoms with van der Waals surface area (Å²) in [6.45, 7) is 10.1. The Morgan fingerprint density at radius 2 is 1.77 bits per heavy atom. The van der Waals surface area contributed by atoms with Crippen molar-refractivity contribution in [3.8, 4) is 0 Å². The topological polar surface area (TPSA) is 43.9 Å². The van der Waals surface area contributed by atoms with E-state index in [2.05, 4.69) is 23.6 Å². The van der Waals surface area contributed by atoms with Crippen molar-refractivity contribution in [2.75, 3.05) is 45.5 Å². The van der Waals surface area contributed by atoms with Crippen LogP contribution in [-0.4, -0.2) is 80.1 Å². The van der Waals surface area contributed by atoms with Gasteiger partial charge in [-0.3, -0.25) is 4.90 Å². The molecule has 0 radical (unpaired) electrons. The van der Waals surface area contributed by atoms with Gasteiger partial charge in [-0.2, -0.15) is 4.31 Å². The fraction of sp³-hybridized carbons (Fsp3) is 1.00. The Morgan fingerprint density at radius 3 is 2.36 bits per heavy atom. The second kappa shape index (κ2) is 8.08. The number of rotatable bonds is 6. The molecule has 1 unspecified atom stereocenters. The number of piperidine rings is 2. The van der Waals surface area contributed by atoms with Gasteiger partial charge in [-0.15, -0.1) is 0 Å². The van der Waals surface area contributed by atoms with Gasteiger partial charge in [0.15, 0.2) is 0 Å². The molecule has 0 aromatic heterocycles. The van der Waals surface area contributed by atoms with Crippen molar-refractivity contribution in [1.82, 2.24) is 14.1 Å². The number of hydrogen-bond donors (Lipinski definition) is 0. The zero-order valence-electron chi connectivity index (χ0n) is 14.5. The molecule has 6 heteroatoms. The first kappa shape index (κ1) is 18.2. The van der Waals surface area contributed by atoms with Crippen LogP contribution in [0.2, 0.25) is 0 Å². The zero-order chi connectivity index (χ0) is 16.2. The number of hydrogen-bond acceptors (Lipinski definition) is 4. The molecule has 2 aliphatic rings. The number of likely N-dealkylation sites (tertiary alicyclic amines) is 2. The largest absolute Gasteiger partial charge is 0.302 e. The summed E-state index contributed by atoms with van der Waals surface area (Å²) in [5, 5.41) is 0. The maximum atomic E-state index is 12.3. The third-order valence-electron chi connectivity index (χ3n) is 5.08. The van der Waals surface area contributed by atoms with Gasteiger partial charge < -0.3 is 4.90 Å². The summed E-state index contributed by atoms with van der Waals surface area (Å²) in [7, 11) is -3.13. The monoisotopic (exact) mass is 331 g/mol. The molecule has 22 heavy (non-hydrogen) atoms. The van der Waals surface area contributed by atoms with Gasteiger partial charge in [0, 0.05) is 31.7 Å². The van der Waals surface area contributed by atoms with E-state index in [-0.39, 0.29) is 6.04 Å². The Morgan fingerprint density at radius 1 is 1.09 bits per heavy atom. The molecule has 5 nitrogen and oxygen atoms in total. The zero-order valence-corrected chi connectivity index (χ0v) is 15.3. The van der Waals surface area contributed by atoms with E-state index in [9.17, 15) is 8.42 Å². The molecule has 130 valence electrons. The summed E-state index contributed by atoms with van der Waals surface area (Å²) in [5.41, 5.74) is 0. The molecule has 0 aliphatic carbocycles. The molecule has 2 saturated heterocycles. The Bertz CT molecular complexity index is 433. The van der Waals surface area contributed by atoms with E-state index >= 15 is 0 Å². The molecule has 2 aliphatic heterocycles. The molecular weight excluding hydrogens is 298 g/mol. The van der Waals surface area contributed by atoms with E-state index in [1.807, 2.05) is 0 Å². The quantitative estimate of drug-likeness (QED) is 0.742. The molecule has 0 bridgehead atoms. The molecule has 2 rings (SSSR count). The Balaban J connectivity index is 1.96. The summed E-state index contributed by atoms with van der Waals surface area (Å²) in [6, 6.07) is 0.641. The van der Waals surface area contributed by atoms with Gasteiger partial charge in [-0.05, 0) is 59.2 Å². The molecule has 0 amide bonds. The summed E-state index contributed by atoms with van der Waals surface area (Å²) < 4.78 is 26.3. The lowest BCUT2D eigenvalue weighted by atomic mass is 10.0. The van der Waals surface area contributed by atoms with Crippen molar-refractivity contribution < 1.29 is 8.42 Å². The van der Waals surface area contributed by atoms with E-state index in [1.165, 1.54) is 25.5 Å². The van der Waals surface area contributed by atoms with Crippen LogP contribution < -0.4 is 0 Å². The summed E-state index contributed by atoms with van der Waals surface area (Å²) in [4.78, 5) is 4.83. The lowest BCUT2D eigenvalue weighted by molar-refractivity contribution is 0.113. The fourth-order valence-electron chi connectivity index (χ4n) is 3.73. The van der Waals surface area contributed by atoms with Crippen LogP contribution in [0.5, 0.6) is 0 Å². The van der Waals surface area contributed by atoms with Crippen LogP contribution in [0.1, 0.15) is 46.0 Å². The van der Waals surface area contributed by atoms with Crippen LogP contribution >= 0.6 is 0 Å². The van der Waals surface area contributed by atoms with Gasteiger partial charge in [-0.25, -0.2) is 8.42 Å². The molecule has 0 N–H and O–H groups in total. The van der Waals surface area contributed by atoms with E-state index < -0.39 is 10.0 Å². The van der Waals surface area contributed by atoms with Crippen molar-refractivity contribution in [2.45, 2.75) is 58.0 Å². The first-order valence-corrected chi connectivity index (χ1v) is 10.7. The molecule has 0 spiro atoms. The summed E-state index contributed by atoms with van der Waals surface area (Å²) in [6.07, 6.45) is 7.29. The Kier molecular flexibility index (Phi) is 6.68. The van der Waals surface area contributed by atoms with Crippen molar-refractivity contribution in [3.05, 3.63) is 0 Å². The average Bonchev–Trinajstić information content (AvgIpc) is 2.47. The third-order valence-corrected chi connectivity index (χ3v) is 6.41. The highest BCUT2D eigenvalue weighted by Gasteiger charge is 2.31. The molecule has 0 aromatic rings. The highest BCUT2D eigenvalue weighted by atomic mass is 32.2. The first-order chi connectivity index (χ1) is 10.4. The van der Waals surface area contributed by atoms with Gasteiger partial charge in [0.25, 0.3) is 0 Å². The van der Waals surface area contributed by atoms with E-state index in [4.69, 9.17) is 0 Å². The minimum Gasteiger partial charge on any atom is -0.302 e. The second-order valence-electron chi connectivity index (χ2n) is 7.16. The SMILES string of the molecule is CC(C)N1CCCC(N(CCN2CCCCC2)S(C)(=O)=O)C1. The molecule has 0 saturated carbocycles. The van der Waals surface area contributed by atoms with Gasteiger partial charge in [-0.1, -0.05) is 6.42 Å². The van der Waals surface area contributed by atoms with E-state index in [1.54, 1.807) is 4.31 Å². The van der Waals surface area contributed by atoms with Crippen LogP contribution in [-0.2, 0) is 10.0 Å². The molecule has 1 atom stereocenters. The lowest BCUT2D eigenvalue weighted by Gasteiger charge is -2.40. The first-order valence-electron chi connectivity index (χ1n) is 8.81. The van der Waals surface area contributed by atoms with E-state index in [0.717, 1.165) is 45.6 Å². The number of nitrogens with zero attached hydrogens (tertiary/aromatic N) is 3. The number of sulfonamides is 1. The van der Waals surface area contributed by atoms with Crippen molar-refractivity contribution in [2.24, 2.45) is 0 Å². The normalized spacial score (nSPS) is 26.0. The minimum atomic E-state index is -3.13. The molecule has 2 fully saturated rings. The average molecular weight is 332 g/mol. The van der Waals surface area contributed by atoms with Crippen LogP contribution in [0.3, 0.4) is 0 Å². The maximum absolute atomic E-state index is 12.3. The van der Waals surface area contributed by atoms with Gasteiger partial charge in [0.1, 0.15) is 0 Å². The summed E-state index contributed by atoms with van der Waals surface area (Å²) in [5.74, 6) is 0. The van der Waals surface area contributed by atoms with Crippen LogP contribution in [0.15, 0.2) is 0 Å². The Hall–Kier alpha value is -0.170. The molecule has 2 heterocycles. The standard InChI is InChI=1S/C16H33N3O2S/c1-15(2)18-11-7-8-16(14-18)19(22(3,20)21)13-12-17-9-5-4-6-10-17/h15-16H,4-14H2,1-3H3. The predicted molar refractivity (Wildman–Crippen MR) is 91.6 cm³/mol. The van der Waals surface area contributed by atoms with Gasteiger partial charge in [0.05, 0.1) is 6.26 Å². The smallest absolute Gasteiger partial charge is 0.211 e. The Labute approximate surface area is 136 Å². The third kappa shape index (κ3) is 5.18. The van der Waals surface area contributed by atoms with Crippen molar-refractivity contribution >= 4 is 10.0 Å². The highest BCUT2D eigenvalue weighted by molar-refractivity contribution is 7.88. The van der Waals surface area contributed by atoms with Gasteiger partial charge in [0.2, 0.25) is 10.0 Å². The van der Waals surface area contributed by atoms with Crippen molar-refractivity contribution in [3.63, 3.8) is 0 Å². The maximum Gasteiger partial charge on any atom is 0.211 e. The minimum absolute atomic E-state index is 0.149. The van der Waals surface area contributed by atoms with Gasteiger partial charge >= 0.3 is 0 Å². The summed E-state index contributed by atoms with van der Waals surface area (Å²) >= 11 is 0.